The Kier molecular flexibility index (Phi) is 7.29. The molecule has 0 saturated heterocycles. The summed E-state index contributed by atoms with van der Waals surface area (Å²) in [5.74, 6) is -1.28. The molecule has 0 bridgehead atoms. The molecule has 2 amide bonds. The minimum Gasteiger partial charge on any atom is -0.468 e. The second-order valence-electron chi connectivity index (χ2n) is 8.51. The molecule has 0 unspecified atom stereocenters. The maximum Gasteiger partial charge on any atom is 0.254 e. The molecule has 0 aliphatic carbocycles. The van der Waals surface area contributed by atoms with Crippen LogP contribution in [0.15, 0.2) is 69.0 Å². The normalized spacial score (nSPS) is 16.2. The Morgan fingerprint density at radius 2 is 1.94 bits per heavy atom. The number of amides is 2. The fourth-order valence-electron chi connectivity index (χ4n) is 3.39. The zero-order chi connectivity index (χ0) is 24.2. The van der Waals surface area contributed by atoms with Crippen LogP contribution in [0.25, 0.3) is 0 Å². The summed E-state index contributed by atoms with van der Waals surface area (Å²) in [7, 11) is 0. The van der Waals surface area contributed by atoms with Gasteiger partial charge in [0.1, 0.15) is 11.6 Å². The van der Waals surface area contributed by atoms with Crippen molar-refractivity contribution in [1.29, 1.82) is 5.26 Å². The van der Waals surface area contributed by atoms with Crippen LogP contribution in [0, 0.1) is 17.1 Å². The van der Waals surface area contributed by atoms with Crippen LogP contribution in [0.5, 0.6) is 0 Å². The van der Waals surface area contributed by atoms with Crippen molar-refractivity contribution in [2.45, 2.75) is 39.2 Å². The van der Waals surface area contributed by atoms with Gasteiger partial charge in [-0.2, -0.15) is 5.26 Å². The van der Waals surface area contributed by atoms with Gasteiger partial charge in [-0.15, -0.1) is 0 Å². The third kappa shape index (κ3) is 6.05. The summed E-state index contributed by atoms with van der Waals surface area (Å²) in [5, 5.41) is 19.2. The van der Waals surface area contributed by atoms with Gasteiger partial charge < -0.3 is 20.4 Å². The Morgan fingerprint density at radius 1 is 1.24 bits per heavy atom. The molecule has 3 rings (SSSR count). The van der Waals surface area contributed by atoms with Crippen molar-refractivity contribution < 1.29 is 18.4 Å². The Morgan fingerprint density at radius 3 is 2.52 bits per heavy atom. The van der Waals surface area contributed by atoms with E-state index in [1.165, 1.54) is 42.3 Å². The fourth-order valence-corrected chi connectivity index (χ4v) is 4.28. The summed E-state index contributed by atoms with van der Waals surface area (Å²) in [6, 6.07) is 11.0. The molecule has 172 valence electrons. The number of hydrogen-bond acceptors (Lipinski definition) is 6. The zero-order valence-corrected chi connectivity index (χ0v) is 19.6. The van der Waals surface area contributed by atoms with Gasteiger partial charge in [0.15, 0.2) is 0 Å². The van der Waals surface area contributed by atoms with Crippen LogP contribution in [-0.2, 0) is 9.59 Å². The van der Waals surface area contributed by atoms with E-state index in [0.717, 1.165) is 0 Å². The van der Waals surface area contributed by atoms with E-state index in [1.807, 2.05) is 20.8 Å². The number of rotatable bonds is 6. The molecule has 0 fully saturated rings. The number of carbonyl (C=O) groups excluding carboxylic acids is 2. The van der Waals surface area contributed by atoms with E-state index in [9.17, 15) is 19.2 Å². The molecule has 2 aromatic rings. The summed E-state index contributed by atoms with van der Waals surface area (Å²) >= 11 is 1.19. The minimum atomic E-state index is -0.764. The van der Waals surface area contributed by atoms with Crippen LogP contribution < -0.4 is 16.0 Å². The lowest BCUT2D eigenvalue weighted by molar-refractivity contribution is -0.120. The third-order valence-electron chi connectivity index (χ3n) is 4.68. The molecule has 1 aromatic carbocycles. The topological polar surface area (TPSA) is 107 Å². The molecule has 2 heterocycles. The molecule has 1 atom stereocenters. The Hall–Kier alpha value is -3.51. The lowest BCUT2D eigenvalue weighted by Gasteiger charge is -2.28. The highest BCUT2D eigenvalue weighted by molar-refractivity contribution is 8.03. The van der Waals surface area contributed by atoms with Crippen LogP contribution in [-0.4, -0.2) is 23.1 Å². The van der Waals surface area contributed by atoms with Gasteiger partial charge in [0.05, 0.1) is 40.2 Å². The van der Waals surface area contributed by atoms with Gasteiger partial charge in [0, 0.05) is 16.9 Å². The molecule has 1 aliphatic rings. The lowest BCUT2D eigenvalue weighted by Crippen LogP contribution is -2.41. The predicted molar refractivity (Wildman–Crippen MR) is 125 cm³/mol. The number of nitrogens with one attached hydrogen (secondary N) is 3. The highest BCUT2D eigenvalue weighted by Gasteiger charge is 2.36. The van der Waals surface area contributed by atoms with E-state index in [0.29, 0.717) is 27.7 Å². The first kappa shape index (κ1) is 24.1. The zero-order valence-electron chi connectivity index (χ0n) is 18.8. The standard InChI is InChI=1S/C24H25FN4O3S/c1-14-20(22(31)28-16-9-7-15(25)8-10-16)21(18-6-5-11-32-18)17(12-26)23(27-14)33-13-19(30)29-24(2,3)4/h5-11,21,27H,13H2,1-4H3,(H,28,31)(H,29,30)/t21-/m1/s1. The van der Waals surface area contributed by atoms with Crippen molar-refractivity contribution in [2.24, 2.45) is 0 Å². The van der Waals surface area contributed by atoms with Crippen molar-refractivity contribution in [3.05, 3.63) is 76.1 Å². The predicted octanol–water partition coefficient (Wildman–Crippen LogP) is 4.40. The smallest absolute Gasteiger partial charge is 0.254 e. The maximum atomic E-state index is 13.2. The number of nitrogens with zero attached hydrogens (tertiary/aromatic N) is 1. The quantitative estimate of drug-likeness (QED) is 0.580. The van der Waals surface area contributed by atoms with Crippen LogP contribution in [0.2, 0.25) is 0 Å². The second-order valence-corrected chi connectivity index (χ2v) is 9.50. The van der Waals surface area contributed by atoms with Gasteiger partial charge in [0.25, 0.3) is 5.91 Å². The average molecular weight is 469 g/mol. The average Bonchev–Trinajstić information content (AvgIpc) is 3.26. The number of hydrogen-bond donors (Lipinski definition) is 3. The third-order valence-corrected chi connectivity index (χ3v) is 5.70. The van der Waals surface area contributed by atoms with E-state index in [4.69, 9.17) is 4.42 Å². The number of benzene rings is 1. The van der Waals surface area contributed by atoms with Crippen LogP contribution in [0.1, 0.15) is 39.4 Å². The molecular weight excluding hydrogens is 443 g/mol. The minimum absolute atomic E-state index is 0.0973. The van der Waals surface area contributed by atoms with Crippen molar-refractivity contribution in [2.75, 3.05) is 11.1 Å². The Bertz CT molecular complexity index is 1140. The van der Waals surface area contributed by atoms with Gasteiger partial charge in [0.2, 0.25) is 5.91 Å². The fraction of sp³-hybridized carbons (Fsp3) is 0.292. The van der Waals surface area contributed by atoms with Crippen molar-refractivity contribution in [1.82, 2.24) is 10.6 Å². The van der Waals surface area contributed by atoms with Crippen molar-refractivity contribution in [3.8, 4) is 6.07 Å². The Balaban J connectivity index is 1.91. The summed E-state index contributed by atoms with van der Waals surface area (Å²) in [6.07, 6.45) is 1.47. The number of carbonyl (C=O) groups is 2. The second kappa shape index (κ2) is 9.96. The van der Waals surface area contributed by atoms with Crippen LogP contribution >= 0.6 is 11.8 Å². The molecule has 1 aromatic heterocycles. The number of thioether (sulfide) groups is 1. The molecule has 1 aliphatic heterocycles. The van der Waals surface area contributed by atoms with E-state index in [2.05, 4.69) is 22.0 Å². The highest BCUT2D eigenvalue weighted by Crippen LogP contribution is 2.41. The maximum absolute atomic E-state index is 13.2. The summed E-state index contributed by atoms with van der Waals surface area (Å²) in [4.78, 5) is 25.5. The van der Waals surface area contributed by atoms with Crippen molar-refractivity contribution >= 4 is 29.3 Å². The monoisotopic (exact) mass is 468 g/mol. The van der Waals surface area contributed by atoms with Gasteiger partial charge in [-0.1, -0.05) is 11.8 Å². The molecular formula is C24H25FN4O3S. The number of allylic oxidation sites excluding steroid dienone is 2. The van der Waals surface area contributed by atoms with Crippen LogP contribution in [0.3, 0.4) is 0 Å². The largest absolute Gasteiger partial charge is 0.468 e. The first-order chi connectivity index (χ1) is 15.6. The van der Waals surface area contributed by atoms with E-state index in [1.54, 1.807) is 19.1 Å². The molecule has 7 nitrogen and oxygen atoms in total. The molecule has 0 radical (unpaired) electrons. The molecule has 0 spiro atoms. The lowest BCUT2D eigenvalue weighted by atomic mass is 9.85. The number of anilines is 1. The van der Waals surface area contributed by atoms with Gasteiger partial charge in [-0.3, -0.25) is 9.59 Å². The van der Waals surface area contributed by atoms with E-state index in [-0.39, 0.29) is 22.8 Å². The van der Waals surface area contributed by atoms with Gasteiger partial charge >= 0.3 is 0 Å². The number of halogens is 1. The molecule has 9 heteroatoms. The Labute approximate surface area is 196 Å². The molecule has 0 saturated carbocycles. The number of nitriles is 1. The van der Waals surface area contributed by atoms with Gasteiger partial charge in [-0.05, 0) is 64.1 Å². The molecule has 33 heavy (non-hydrogen) atoms. The summed E-state index contributed by atoms with van der Waals surface area (Å²) in [5.41, 5.74) is 1.14. The van der Waals surface area contributed by atoms with Crippen molar-refractivity contribution in [3.63, 3.8) is 0 Å². The molecule has 3 N–H and O–H groups in total. The SMILES string of the molecule is CC1=C(C(=O)Nc2ccc(F)cc2)[C@@H](c2ccco2)C(C#N)=C(SCC(=O)NC(C)(C)C)N1. The van der Waals surface area contributed by atoms with E-state index < -0.39 is 17.6 Å². The van der Waals surface area contributed by atoms with Crippen LogP contribution in [0.4, 0.5) is 10.1 Å². The number of dihydropyridines is 1. The number of furan rings is 1. The summed E-state index contributed by atoms with van der Waals surface area (Å²) < 4.78 is 18.8. The summed E-state index contributed by atoms with van der Waals surface area (Å²) in [6.45, 7) is 7.39. The highest BCUT2D eigenvalue weighted by atomic mass is 32.2. The first-order valence-corrected chi connectivity index (χ1v) is 11.2. The first-order valence-electron chi connectivity index (χ1n) is 10.2. The van der Waals surface area contributed by atoms with Gasteiger partial charge in [-0.25, -0.2) is 4.39 Å². The van der Waals surface area contributed by atoms with E-state index >= 15 is 0 Å².